The molecule has 1 aromatic carbocycles. The van der Waals surface area contributed by atoms with Crippen LogP contribution >= 0.6 is 0 Å². The summed E-state index contributed by atoms with van der Waals surface area (Å²) in [5, 5.41) is 0. The second-order valence-corrected chi connectivity index (χ2v) is 13.8. The highest BCUT2D eigenvalue weighted by Crippen LogP contribution is 2.49. The van der Waals surface area contributed by atoms with Crippen LogP contribution in [0.25, 0.3) is 5.57 Å². The molecule has 0 aromatic heterocycles. The van der Waals surface area contributed by atoms with E-state index < -0.39 is 5.60 Å². The van der Waals surface area contributed by atoms with Crippen molar-refractivity contribution in [2.75, 3.05) is 32.7 Å². The summed E-state index contributed by atoms with van der Waals surface area (Å²) in [4.78, 5) is 18.4. The Balaban J connectivity index is 1.59. The summed E-state index contributed by atoms with van der Waals surface area (Å²) in [6.07, 6.45) is 18.4. The van der Waals surface area contributed by atoms with Gasteiger partial charge in [-0.1, -0.05) is 58.8 Å². The molecule has 0 spiro atoms. The van der Waals surface area contributed by atoms with Gasteiger partial charge < -0.3 is 14.4 Å². The molecule has 5 heteroatoms. The first kappa shape index (κ1) is 32.6. The summed E-state index contributed by atoms with van der Waals surface area (Å²) in [7, 11) is 0. The highest BCUT2D eigenvalue weighted by atomic mass is 16.5. The topological polar surface area (TPSA) is 42.0 Å². The SMILES string of the molecule is C#CCN1CCC2=C(C1)c1c(OC(=O)C(C)CCN3CCCCC3C)cc(CCC(C)CCCCC)cc1OC2(C)C. The molecule has 5 nitrogen and oxygen atoms in total. The standard InChI is InChI=1S/C37H56N2O3/c1-8-10-11-14-27(3)16-17-30-24-33(41-36(40)28(4)18-23-39-21-13-12-15-29(39)5)35-31-26-38(20-9-2)22-19-32(31)37(6,7)42-34(35)25-30/h2,24-25,27-29H,8,10-23,26H2,1,3-7H3. The Morgan fingerprint density at radius 3 is 2.71 bits per heavy atom. The molecule has 0 saturated carbocycles. The van der Waals surface area contributed by atoms with Crippen molar-refractivity contribution in [3.63, 3.8) is 0 Å². The molecule has 3 aliphatic rings. The van der Waals surface area contributed by atoms with E-state index in [4.69, 9.17) is 15.9 Å². The highest BCUT2D eigenvalue weighted by Gasteiger charge is 2.39. The number of nitrogens with zero attached hydrogens (tertiary/aromatic N) is 2. The van der Waals surface area contributed by atoms with E-state index in [9.17, 15) is 4.79 Å². The number of rotatable bonds is 13. The lowest BCUT2D eigenvalue weighted by Gasteiger charge is -2.42. The third-order valence-corrected chi connectivity index (χ3v) is 9.89. The Morgan fingerprint density at radius 1 is 1.17 bits per heavy atom. The molecular weight excluding hydrogens is 520 g/mol. The lowest BCUT2D eigenvalue weighted by molar-refractivity contribution is -0.138. The average Bonchev–Trinajstić information content (AvgIpc) is 2.95. The smallest absolute Gasteiger partial charge is 0.314 e. The number of terminal acetylenes is 1. The number of carbonyl (C=O) groups is 1. The molecule has 1 saturated heterocycles. The largest absolute Gasteiger partial charge is 0.483 e. The Bertz CT molecular complexity index is 1150. The van der Waals surface area contributed by atoms with Crippen molar-refractivity contribution in [1.29, 1.82) is 0 Å². The minimum absolute atomic E-state index is 0.143. The molecule has 1 fully saturated rings. The third-order valence-electron chi connectivity index (χ3n) is 9.89. The molecule has 3 unspecified atom stereocenters. The van der Waals surface area contributed by atoms with Crippen molar-refractivity contribution in [2.45, 2.75) is 124 Å². The molecule has 0 radical (unpaired) electrons. The van der Waals surface area contributed by atoms with Crippen LogP contribution < -0.4 is 9.47 Å². The van der Waals surface area contributed by atoms with Gasteiger partial charge in [-0.3, -0.25) is 9.69 Å². The maximum atomic E-state index is 13.6. The fourth-order valence-corrected chi connectivity index (χ4v) is 7.04. The van der Waals surface area contributed by atoms with Crippen molar-refractivity contribution in [2.24, 2.45) is 11.8 Å². The molecule has 42 heavy (non-hydrogen) atoms. The fraction of sp³-hybridized carbons (Fsp3) is 0.703. The maximum Gasteiger partial charge on any atom is 0.314 e. The van der Waals surface area contributed by atoms with Crippen molar-refractivity contribution in [1.82, 2.24) is 9.80 Å². The van der Waals surface area contributed by atoms with Gasteiger partial charge in [0.1, 0.15) is 17.1 Å². The summed E-state index contributed by atoms with van der Waals surface area (Å²) in [6, 6.07) is 4.93. The fourth-order valence-electron chi connectivity index (χ4n) is 7.04. The second kappa shape index (κ2) is 14.9. The second-order valence-electron chi connectivity index (χ2n) is 13.8. The number of piperidine rings is 1. The van der Waals surface area contributed by atoms with Crippen LogP contribution in [0.4, 0.5) is 0 Å². The van der Waals surface area contributed by atoms with Crippen LogP contribution in [-0.4, -0.2) is 60.1 Å². The zero-order valence-corrected chi connectivity index (χ0v) is 27.4. The third kappa shape index (κ3) is 8.20. The van der Waals surface area contributed by atoms with Crippen LogP contribution in [0.1, 0.15) is 117 Å². The Morgan fingerprint density at radius 2 is 1.98 bits per heavy atom. The van der Waals surface area contributed by atoms with E-state index in [0.717, 1.165) is 63.2 Å². The number of unbranched alkanes of at least 4 members (excludes halogenated alkanes) is 2. The molecule has 3 atom stereocenters. The maximum absolute atomic E-state index is 13.6. The first-order valence-corrected chi connectivity index (χ1v) is 16.8. The zero-order chi connectivity index (χ0) is 30.3. The van der Waals surface area contributed by atoms with Crippen LogP contribution in [0.2, 0.25) is 0 Å². The molecule has 232 valence electrons. The van der Waals surface area contributed by atoms with Crippen LogP contribution in [0, 0.1) is 24.2 Å². The molecule has 0 bridgehead atoms. The van der Waals surface area contributed by atoms with E-state index >= 15 is 0 Å². The van der Waals surface area contributed by atoms with Gasteiger partial charge in [-0.15, -0.1) is 6.42 Å². The van der Waals surface area contributed by atoms with Gasteiger partial charge in [-0.25, -0.2) is 0 Å². The van der Waals surface area contributed by atoms with Gasteiger partial charge in [-0.2, -0.15) is 0 Å². The van der Waals surface area contributed by atoms with Gasteiger partial charge in [0.25, 0.3) is 0 Å². The number of esters is 1. The van der Waals surface area contributed by atoms with Gasteiger partial charge >= 0.3 is 5.97 Å². The molecule has 0 N–H and O–H groups in total. The summed E-state index contributed by atoms with van der Waals surface area (Å²) in [6.45, 7) is 17.6. The monoisotopic (exact) mass is 576 g/mol. The number of benzene rings is 1. The van der Waals surface area contributed by atoms with Gasteiger partial charge in [0, 0.05) is 19.1 Å². The lowest BCUT2D eigenvalue weighted by Crippen LogP contribution is -2.42. The molecule has 0 amide bonds. The van der Waals surface area contributed by atoms with E-state index in [1.165, 1.54) is 61.7 Å². The highest BCUT2D eigenvalue weighted by molar-refractivity contribution is 5.85. The zero-order valence-electron chi connectivity index (χ0n) is 27.4. The molecule has 3 heterocycles. The number of likely N-dealkylation sites (tertiary alicyclic amines) is 1. The summed E-state index contributed by atoms with van der Waals surface area (Å²) in [5.41, 5.74) is 4.25. The normalized spacial score (nSPS) is 22.0. The number of ether oxygens (including phenoxy) is 2. The average molecular weight is 577 g/mol. The van der Waals surface area contributed by atoms with E-state index in [0.29, 0.717) is 24.3 Å². The molecule has 1 aromatic rings. The number of aryl methyl sites for hydroxylation is 1. The minimum atomic E-state index is -0.406. The Hall–Kier alpha value is -2.29. The van der Waals surface area contributed by atoms with Gasteiger partial charge in [0.15, 0.2) is 0 Å². The molecular formula is C37H56N2O3. The molecule has 0 aliphatic carbocycles. The quantitative estimate of drug-likeness (QED) is 0.103. The first-order chi connectivity index (χ1) is 20.1. The predicted octanol–water partition coefficient (Wildman–Crippen LogP) is 7.91. The summed E-state index contributed by atoms with van der Waals surface area (Å²) >= 11 is 0. The van der Waals surface area contributed by atoms with Crippen LogP contribution in [-0.2, 0) is 11.2 Å². The minimum Gasteiger partial charge on any atom is -0.483 e. The van der Waals surface area contributed by atoms with Crippen molar-refractivity contribution in [3.05, 3.63) is 28.8 Å². The van der Waals surface area contributed by atoms with E-state index in [-0.39, 0.29) is 11.9 Å². The van der Waals surface area contributed by atoms with Crippen molar-refractivity contribution in [3.8, 4) is 23.8 Å². The van der Waals surface area contributed by atoms with Crippen molar-refractivity contribution < 1.29 is 14.3 Å². The van der Waals surface area contributed by atoms with Crippen LogP contribution in [0.5, 0.6) is 11.5 Å². The van der Waals surface area contributed by atoms with Gasteiger partial charge in [0.05, 0.1) is 18.0 Å². The predicted molar refractivity (Wildman–Crippen MR) is 174 cm³/mol. The van der Waals surface area contributed by atoms with Gasteiger partial charge in [-0.05, 0) is 107 Å². The van der Waals surface area contributed by atoms with E-state index in [1.54, 1.807) is 0 Å². The van der Waals surface area contributed by atoms with Crippen LogP contribution in [0.3, 0.4) is 0 Å². The Kier molecular flexibility index (Phi) is 11.6. The summed E-state index contributed by atoms with van der Waals surface area (Å²) in [5.74, 6) is 4.68. The number of hydrogen-bond acceptors (Lipinski definition) is 5. The molecule has 4 rings (SSSR count). The van der Waals surface area contributed by atoms with E-state index in [2.05, 4.69) is 62.5 Å². The van der Waals surface area contributed by atoms with Crippen LogP contribution in [0.15, 0.2) is 17.7 Å². The molecule has 3 aliphatic heterocycles. The summed E-state index contributed by atoms with van der Waals surface area (Å²) < 4.78 is 13.1. The van der Waals surface area contributed by atoms with Gasteiger partial charge in [0.2, 0.25) is 0 Å². The lowest BCUT2D eigenvalue weighted by atomic mass is 9.81. The van der Waals surface area contributed by atoms with E-state index in [1.807, 2.05) is 6.92 Å². The number of carbonyl (C=O) groups excluding carboxylic acids is 1. The number of hydrogen-bond donors (Lipinski definition) is 0. The van der Waals surface area contributed by atoms with Crippen molar-refractivity contribution >= 4 is 11.5 Å². The number of fused-ring (bicyclic) bond motifs is 2. The first-order valence-electron chi connectivity index (χ1n) is 16.8. The Labute approximate surface area is 256 Å².